The molecule has 118 valence electrons. The summed E-state index contributed by atoms with van der Waals surface area (Å²) < 4.78 is 2.20. The number of aryl methyl sites for hydroxylation is 1. The lowest BCUT2D eigenvalue weighted by atomic mass is 9.82. The first-order valence-corrected chi connectivity index (χ1v) is 8.76. The first kappa shape index (κ1) is 15.0. The predicted octanol–water partition coefficient (Wildman–Crippen LogP) is 2.52. The highest BCUT2D eigenvalue weighted by Crippen LogP contribution is 2.30. The van der Waals surface area contributed by atoms with Gasteiger partial charge in [0.15, 0.2) is 0 Å². The highest BCUT2D eigenvalue weighted by atomic mass is 15.2. The van der Waals surface area contributed by atoms with E-state index in [0.29, 0.717) is 6.04 Å². The van der Waals surface area contributed by atoms with Crippen LogP contribution in [0.15, 0.2) is 18.7 Å². The molecule has 2 atom stereocenters. The Bertz CT molecular complexity index is 397. The average Bonchev–Trinajstić information content (AvgIpc) is 3.02. The molecule has 0 spiro atoms. The molecule has 0 aromatic carbocycles. The van der Waals surface area contributed by atoms with Crippen molar-refractivity contribution in [3.8, 4) is 0 Å². The Morgan fingerprint density at radius 3 is 2.81 bits per heavy atom. The maximum atomic E-state index is 4.13. The van der Waals surface area contributed by atoms with E-state index in [1.807, 2.05) is 12.5 Å². The standard InChI is InChI=1S/C17H30N4/c1-15-13-21(10-5-9-20-11-8-18-14-20)17(12-19-15)16-6-3-2-4-7-16/h8,11,14-17,19H,2-7,9-10,12-13H2,1H3. The van der Waals surface area contributed by atoms with Crippen LogP contribution in [0, 0.1) is 5.92 Å². The number of imidazole rings is 1. The minimum atomic E-state index is 0.637. The molecule has 1 aromatic rings. The van der Waals surface area contributed by atoms with E-state index in [1.54, 1.807) is 0 Å². The Labute approximate surface area is 128 Å². The molecule has 1 aliphatic carbocycles. The maximum Gasteiger partial charge on any atom is 0.0945 e. The first-order valence-electron chi connectivity index (χ1n) is 8.76. The number of nitrogens with one attached hydrogen (secondary N) is 1. The van der Waals surface area contributed by atoms with Crippen molar-refractivity contribution in [1.29, 1.82) is 0 Å². The predicted molar refractivity (Wildman–Crippen MR) is 86.2 cm³/mol. The molecule has 2 aliphatic rings. The van der Waals surface area contributed by atoms with Crippen LogP contribution in [0.3, 0.4) is 0 Å². The molecule has 4 heteroatoms. The number of aromatic nitrogens is 2. The molecule has 1 saturated heterocycles. The Hall–Kier alpha value is -0.870. The van der Waals surface area contributed by atoms with Crippen LogP contribution in [0.5, 0.6) is 0 Å². The number of rotatable bonds is 5. The van der Waals surface area contributed by atoms with Gasteiger partial charge in [-0.2, -0.15) is 0 Å². The van der Waals surface area contributed by atoms with Gasteiger partial charge in [-0.25, -0.2) is 4.98 Å². The molecule has 0 amide bonds. The highest BCUT2D eigenvalue weighted by Gasteiger charge is 2.32. The molecule has 2 unspecified atom stereocenters. The van der Waals surface area contributed by atoms with Crippen LogP contribution in [0.25, 0.3) is 0 Å². The number of piperazine rings is 1. The summed E-state index contributed by atoms with van der Waals surface area (Å²) in [6, 6.07) is 1.40. The normalized spacial score (nSPS) is 28.8. The van der Waals surface area contributed by atoms with Gasteiger partial charge in [0.1, 0.15) is 0 Å². The van der Waals surface area contributed by atoms with Crippen molar-refractivity contribution < 1.29 is 0 Å². The molecule has 3 rings (SSSR count). The average molecular weight is 290 g/mol. The molecule has 1 saturated carbocycles. The summed E-state index contributed by atoms with van der Waals surface area (Å²) in [4.78, 5) is 6.90. The first-order chi connectivity index (χ1) is 10.3. The summed E-state index contributed by atoms with van der Waals surface area (Å²) >= 11 is 0. The van der Waals surface area contributed by atoms with E-state index < -0.39 is 0 Å². The fourth-order valence-corrected chi connectivity index (χ4v) is 4.12. The van der Waals surface area contributed by atoms with Crippen molar-refractivity contribution >= 4 is 0 Å². The van der Waals surface area contributed by atoms with Crippen LogP contribution in [-0.4, -0.2) is 46.2 Å². The minimum Gasteiger partial charge on any atom is -0.337 e. The van der Waals surface area contributed by atoms with Crippen LogP contribution in [0.1, 0.15) is 45.4 Å². The second-order valence-electron chi connectivity index (χ2n) is 6.92. The van der Waals surface area contributed by atoms with Crippen molar-refractivity contribution in [2.45, 2.75) is 64.1 Å². The molecule has 2 fully saturated rings. The number of hydrogen-bond acceptors (Lipinski definition) is 3. The van der Waals surface area contributed by atoms with Gasteiger partial charge in [-0.15, -0.1) is 0 Å². The molecule has 2 heterocycles. The second kappa shape index (κ2) is 7.41. The number of hydrogen-bond donors (Lipinski definition) is 1. The third-order valence-electron chi connectivity index (χ3n) is 5.27. The Kier molecular flexibility index (Phi) is 5.31. The van der Waals surface area contributed by atoms with Crippen LogP contribution < -0.4 is 5.32 Å². The monoisotopic (exact) mass is 290 g/mol. The van der Waals surface area contributed by atoms with Crippen LogP contribution in [-0.2, 0) is 6.54 Å². The van der Waals surface area contributed by atoms with Crippen LogP contribution >= 0.6 is 0 Å². The van der Waals surface area contributed by atoms with Gasteiger partial charge in [-0.3, -0.25) is 4.90 Å². The summed E-state index contributed by atoms with van der Waals surface area (Å²) in [5.41, 5.74) is 0. The van der Waals surface area contributed by atoms with E-state index in [1.165, 1.54) is 58.2 Å². The summed E-state index contributed by atoms with van der Waals surface area (Å²) in [5, 5.41) is 3.71. The molecule has 1 aromatic heterocycles. The third-order valence-corrected chi connectivity index (χ3v) is 5.27. The summed E-state index contributed by atoms with van der Waals surface area (Å²) in [6.45, 7) is 7.04. The van der Waals surface area contributed by atoms with E-state index >= 15 is 0 Å². The largest absolute Gasteiger partial charge is 0.337 e. The van der Waals surface area contributed by atoms with Gasteiger partial charge < -0.3 is 9.88 Å². The van der Waals surface area contributed by atoms with Gasteiger partial charge in [-0.05, 0) is 32.1 Å². The highest BCUT2D eigenvalue weighted by molar-refractivity contribution is 4.89. The van der Waals surface area contributed by atoms with E-state index in [9.17, 15) is 0 Å². The van der Waals surface area contributed by atoms with Crippen molar-refractivity contribution in [2.75, 3.05) is 19.6 Å². The minimum absolute atomic E-state index is 0.637. The van der Waals surface area contributed by atoms with Crippen molar-refractivity contribution in [1.82, 2.24) is 19.8 Å². The summed E-state index contributed by atoms with van der Waals surface area (Å²) in [6.07, 6.45) is 14.3. The zero-order valence-electron chi connectivity index (χ0n) is 13.4. The fourth-order valence-electron chi connectivity index (χ4n) is 4.12. The van der Waals surface area contributed by atoms with Gasteiger partial charge in [-0.1, -0.05) is 19.3 Å². The zero-order valence-corrected chi connectivity index (χ0v) is 13.4. The molecular formula is C17H30N4. The molecule has 0 bridgehead atoms. The van der Waals surface area contributed by atoms with Gasteiger partial charge in [0.25, 0.3) is 0 Å². The van der Waals surface area contributed by atoms with E-state index in [-0.39, 0.29) is 0 Å². The Morgan fingerprint density at radius 2 is 2.05 bits per heavy atom. The second-order valence-corrected chi connectivity index (χ2v) is 6.92. The topological polar surface area (TPSA) is 33.1 Å². The lowest BCUT2D eigenvalue weighted by Crippen LogP contribution is -2.58. The van der Waals surface area contributed by atoms with E-state index in [2.05, 4.69) is 32.9 Å². The van der Waals surface area contributed by atoms with E-state index in [4.69, 9.17) is 0 Å². The van der Waals surface area contributed by atoms with Gasteiger partial charge in [0.05, 0.1) is 6.33 Å². The SMILES string of the molecule is CC1CN(CCCn2ccnc2)C(C2CCCCC2)CN1. The maximum absolute atomic E-state index is 4.13. The van der Waals surface area contributed by atoms with Crippen molar-refractivity contribution in [2.24, 2.45) is 5.92 Å². The fraction of sp³-hybridized carbons (Fsp3) is 0.824. The summed E-state index contributed by atoms with van der Waals surface area (Å²) in [5.74, 6) is 0.923. The summed E-state index contributed by atoms with van der Waals surface area (Å²) in [7, 11) is 0. The molecule has 0 radical (unpaired) electrons. The zero-order chi connectivity index (χ0) is 14.5. The third kappa shape index (κ3) is 4.07. The Morgan fingerprint density at radius 1 is 1.19 bits per heavy atom. The van der Waals surface area contributed by atoms with E-state index in [0.717, 1.165) is 18.5 Å². The number of nitrogens with zero attached hydrogens (tertiary/aromatic N) is 3. The lowest BCUT2D eigenvalue weighted by molar-refractivity contribution is 0.0733. The molecule has 1 aliphatic heterocycles. The van der Waals surface area contributed by atoms with Crippen LogP contribution in [0.2, 0.25) is 0 Å². The van der Waals surface area contributed by atoms with Crippen LogP contribution in [0.4, 0.5) is 0 Å². The molecular weight excluding hydrogens is 260 g/mol. The van der Waals surface area contributed by atoms with Gasteiger partial charge >= 0.3 is 0 Å². The molecule has 4 nitrogen and oxygen atoms in total. The van der Waals surface area contributed by atoms with Gasteiger partial charge in [0, 0.05) is 50.7 Å². The lowest BCUT2D eigenvalue weighted by Gasteiger charge is -2.44. The molecule has 1 N–H and O–H groups in total. The molecule has 21 heavy (non-hydrogen) atoms. The smallest absolute Gasteiger partial charge is 0.0945 e. The Balaban J connectivity index is 1.53. The van der Waals surface area contributed by atoms with Gasteiger partial charge in [0.2, 0.25) is 0 Å². The quantitative estimate of drug-likeness (QED) is 0.904. The van der Waals surface area contributed by atoms with Crippen molar-refractivity contribution in [3.63, 3.8) is 0 Å². The van der Waals surface area contributed by atoms with Crippen molar-refractivity contribution in [3.05, 3.63) is 18.7 Å².